The largest absolute Gasteiger partial charge is 0.464 e. The van der Waals surface area contributed by atoms with Crippen LogP contribution in [0, 0.1) is 0 Å². The fourth-order valence-corrected chi connectivity index (χ4v) is 2.06. The Balaban J connectivity index is 1.84. The molecule has 3 rings (SSSR count). The van der Waals surface area contributed by atoms with Crippen LogP contribution in [0.4, 0.5) is 5.82 Å². The fraction of sp³-hybridized carbons (Fsp3) is 0.286. The smallest absolute Gasteiger partial charge is 0.334 e. The Kier molecular flexibility index (Phi) is 3.28. The molecule has 0 fully saturated rings. The lowest BCUT2D eigenvalue weighted by Crippen LogP contribution is -2.28. The molecule has 20 heavy (non-hydrogen) atoms. The Morgan fingerprint density at radius 2 is 2.20 bits per heavy atom. The lowest BCUT2D eigenvalue weighted by atomic mass is 10.2. The summed E-state index contributed by atoms with van der Waals surface area (Å²) < 4.78 is 6.65. The number of nitrogens with zero attached hydrogens (tertiary/aromatic N) is 4. The molecule has 1 aliphatic rings. The highest BCUT2D eigenvalue weighted by atomic mass is 16.5. The van der Waals surface area contributed by atoms with E-state index >= 15 is 0 Å². The Morgan fingerprint density at radius 1 is 1.40 bits per heavy atom. The normalized spacial score (nSPS) is 16.8. The van der Waals surface area contributed by atoms with E-state index in [1.807, 2.05) is 36.4 Å². The van der Waals surface area contributed by atoms with Gasteiger partial charge in [-0.15, -0.1) is 5.11 Å². The Bertz CT molecular complexity index is 648. The van der Waals surface area contributed by atoms with Crippen molar-refractivity contribution in [1.82, 2.24) is 9.78 Å². The third kappa shape index (κ3) is 2.32. The number of carbonyl (C=O) groups excluding carboxylic acids is 1. The van der Waals surface area contributed by atoms with Gasteiger partial charge in [0.05, 0.1) is 18.8 Å². The van der Waals surface area contributed by atoms with E-state index in [2.05, 4.69) is 15.3 Å². The average Bonchev–Trinajstić information content (AvgIpc) is 2.91. The topological polar surface area (TPSA) is 68.8 Å². The maximum absolute atomic E-state index is 11.7. The number of fused-ring (bicyclic) bond motifs is 1. The van der Waals surface area contributed by atoms with Crippen LogP contribution in [0.1, 0.15) is 6.92 Å². The zero-order chi connectivity index (χ0) is 13.9. The van der Waals surface area contributed by atoms with Crippen molar-refractivity contribution in [1.29, 1.82) is 0 Å². The first-order chi connectivity index (χ1) is 9.78. The molecule has 0 bridgehead atoms. The first kappa shape index (κ1) is 12.5. The van der Waals surface area contributed by atoms with Crippen molar-refractivity contribution in [3.63, 3.8) is 0 Å². The van der Waals surface area contributed by atoms with Crippen LogP contribution in [0.3, 0.4) is 0 Å². The molecule has 0 N–H and O–H groups in total. The van der Waals surface area contributed by atoms with Gasteiger partial charge in [-0.25, -0.2) is 9.48 Å². The van der Waals surface area contributed by atoms with Gasteiger partial charge in [0.15, 0.2) is 11.9 Å². The monoisotopic (exact) mass is 270 g/mol. The molecule has 0 saturated heterocycles. The van der Waals surface area contributed by atoms with Gasteiger partial charge in [0.25, 0.3) is 0 Å². The number of hydrogen-bond acceptors (Lipinski definition) is 5. The first-order valence-electron chi connectivity index (χ1n) is 6.48. The highest BCUT2D eigenvalue weighted by Gasteiger charge is 2.25. The average molecular weight is 270 g/mol. The van der Waals surface area contributed by atoms with Gasteiger partial charge in [0, 0.05) is 11.6 Å². The predicted molar refractivity (Wildman–Crippen MR) is 72.6 cm³/mol. The summed E-state index contributed by atoms with van der Waals surface area (Å²) >= 11 is 0. The van der Waals surface area contributed by atoms with Crippen molar-refractivity contribution >= 4 is 11.8 Å². The Hall–Kier alpha value is -2.50. The first-order valence-corrected chi connectivity index (χ1v) is 6.48. The van der Waals surface area contributed by atoms with Crippen molar-refractivity contribution in [2.75, 3.05) is 6.61 Å². The molecule has 0 aliphatic carbocycles. The molecule has 1 unspecified atom stereocenters. The third-order valence-electron chi connectivity index (χ3n) is 3.03. The van der Waals surface area contributed by atoms with Gasteiger partial charge in [-0.1, -0.05) is 30.3 Å². The standard InChI is InChI=1S/C14H14N4O2/c1-2-20-14(19)12-9-18-13(16-15-12)8-11(17-18)10-6-4-3-5-7-10/h3-8,12H,2,9H2,1H3. The number of hydrogen-bond donors (Lipinski definition) is 0. The molecule has 0 radical (unpaired) electrons. The van der Waals surface area contributed by atoms with Gasteiger partial charge >= 0.3 is 5.97 Å². The maximum atomic E-state index is 11.7. The highest BCUT2D eigenvalue weighted by Crippen LogP contribution is 2.27. The minimum absolute atomic E-state index is 0.339. The molecule has 1 aromatic carbocycles. The van der Waals surface area contributed by atoms with Gasteiger partial charge in [-0.2, -0.15) is 10.2 Å². The van der Waals surface area contributed by atoms with Crippen LogP contribution in [-0.4, -0.2) is 28.4 Å². The molecule has 0 spiro atoms. The number of ether oxygens (including phenoxy) is 1. The third-order valence-corrected chi connectivity index (χ3v) is 3.03. The molecule has 102 valence electrons. The fourth-order valence-electron chi connectivity index (χ4n) is 2.06. The molecular weight excluding hydrogens is 256 g/mol. The molecule has 1 aliphatic heterocycles. The summed E-state index contributed by atoms with van der Waals surface area (Å²) in [6.45, 7) is 2.47. The summed E-state index contributed by atoms with van der Waals surface area (Å²) in [6, 6.07) is 11.1. The number of rotatable bonds is 3. The molecule has 6 heteroatoms. The Morgan fingerprint density at radius 3 is 2.95 bits per heavy atom. The number of benzene rings is 1. The van der Waals surface area contributed by atoms with Crippen LogP contribution in [0.25, 0.3) is 11.3 Å². The van der Waals surface area contributed by atoms with Gasteiger partial charge < -0.3 is 4.74 Å². The minimum atomic E-state index is -0.606. The van der Waals surface area contributed by atoms with Gasteiger partial charge in [0.1, 0.15) is 0 Å². The molecule has 1 aromatic heterocycles. The van der Waals surface area contributed by atoms with Crippen LogP contribution in [0.2, 0.25) is 0 Å². The molecule has 0 amide bonds. The van der Waals surface area contributed by atoms with E-state index in [1.165, 1.54) is 0 Å². The second kappa shape index (κ2) is 5.24. The van der Waals surface area contributed by atoms with E-state index in [0.717, 1.165) is 11.3 Å². The number of carbonyl (C=O) groups is 1. The molecule has 6 nitrogen and oxygen atoms in total. The van der Waals surface area contributed by atoms with E-state index in [9.17, 15) is 4.79 Å². The van der Waals surface area contributed by atoms with Crippen LogP contribution in [0.5, 0.6) is 0 Å². The van der Waals surface area contributed by atoms with E-state index in [-0.39, 0.29) is 5.97 Å². The molecule has 2 heterocycles. The summed E-state index contributed by atoms with van der Waals surface area (Å²) in [5, 5.41) is 12.5. The van der Waals surface area contributed by atoms with Crippen molar-refractivity contribution in [2.24, 2.45) is 10.2 Å². The summed E-state index contributed by atoms with van der Waals surface area (Å²) in [7, 11) is 0. The summed E-state index contributed by atoms with van der Waals surface area (Å²) in [6.07, 6.45) is 0. The molecular formula is C14H14N4O2. The minimum Gasteiger partial charge on any atom is -0.464 e. The Labute approximate surface area is 116 Å². The van der Waals surface area contributed by atoms with Crippen molar-refractivity contribution in [2.45, 2.75) is 19.5 Å². The predicted octanol–water partition coefficient (Wildman–Crippen LogP) is 2.58. The van der Waals surface area contributed by atoms with E-state index < -0.39 is 6.04 Å². The SMILES string of the molecule is CCOC(=O)C1Cn2nc(-c3ccccc3)cc2N=N1. The van der Waals surface area contributed by atoms with Crippen LogP contribution in [0.15, 0.2) is 46.6 Å². The van der Waals surface area contributed by atoms with E-state index in [0.29, 0.717) is 19.0 Å². The second-order valence-corrected chi connectivity index (χ2v) is 4.42. The lowest BCUT2D eigenvalue weighted by Gasteiger charge is -2.14. The number of aromatic nitrogens is 2. The summed E-state index contributed by atoms with van der Waals surface area (Å²) in [5.74, 6) is 0.295. The van der Waals surface area contributed by atoms with Gasteiger partial charge in [-0.05, 0) is 6.92 Å². The van der Waals surface area contributed by atoms with Gasteiger partial charge in [-0.3, -0.25) is 0 Å². The lowest BCUT2D eigenvalue weighted by molar-refractivity contribution is -0.145. The van der Waals surface area contributed by atoms with E-state index in [4.69, 9.17) is 4.74 Å². The van der Waals surface area contributed by atoms with Crippen molar-refractivity contribution in [3.05, 3.63) is 36.4 Å². The highest BCUT2D eigenvalue weighted by molar-refractivity contribution is 5.76. The van der Waals surface area contributed by atoms with Crippen LogP contribution in [-0.2, 0) is 16.1 Å². The van der Waals surface area contributed by atoms with E-state index in [1.54, 1.807) is 11.6 Å². The van der Waals surface area contributed by atoms with Crippen LogP contribution >= 0.6 is 0 Å². The van der Waals surface area contributed by atoms with Crippen molar-refractivity contribution < 1.29 is 9.53 Å². The maximum Gasteiger partial charge on any atom is 0.334 e. The number of esters is 1. The second-order valence-electron chi connectivity index (χ2n) is 4.42. The zero-order valence-electron chi connectivity index (χ0n) is 11.1. The van der Waals surface area contributed by atoms with Crippen LogP contribution < -0.4 is 0 Å². The van der Waals surface area contributed by atoms with Crippen molar-refractivity contribution in [3.8, 4) is 11.3 Å². The zero-order valence-corrected chi connectivity index (χ0v) is 11.1. The molecule has 1 atom stereocenters. The molecule has 0 saturated carbocycles. The molecule has 2 aromatic rings. The van der Waals surface area contributed by atoms with Gasteiger partial charge in [0.2, 0.25) is 0 Å². The number of azo groups is 1. The summed E-state index contributed by atoms with van der Waals surface area (Å²) in [5.41, 5.74) is 1.83. The quantitative estimate of drug-likeness (QED) is 0.805. The summed E-state index contributed by atoms with van der Waals surface area (Å²) in [4.78, 5) is 11.7.